The van der Waals surface area contributed by atoms with Crippen molar-refractivity contribution in [3.05, 3.63) is 71.4 Å². The van der Waals surface area contributed by atoms with Gasteiger partial charge in [-0.2, -0.15) is 5.10 Å². The number of carbonyl (C=O) groups is 1. The molecule has 2 aromatic heterocycles. The predicted molar refractivity (Wildman–Crippen MR) is 113 cm³/mol. The first-order valence-electron chi connectivity index (χ1n) is 9.85. The van der Waals surface area contributed by atoms with Crippen molar-refractivity contribution in [2.45, 2.75) is 59.3 Å². The largest absolute Gasteiger partial charge is 0.467 e. The number of nitrogens with zero attached hydrogens (tertiary/aromatic N) is 2. The lowest BCUT2D eigenvalue weighted by molar-refractivity contribution is 0.0929. The number of carbonyl (C=O) groups excluding carboxylic acids is 1. The van der Waals surface area contributed by atoms with Gasteiger partial charge in [0.25, 0.3) is 5.91 Å². The van der Waals surface area contributed by atoms with Crippen LogP contribution in [0.25, 0.3) is 0 Å². The second-order valence-electron chi connectivity index (χ2n) is 8.42. The number of benzene rings is 1. The molecule has 0 saturated carbocycles. The summed E-state index contributed by atoms with van der Waals surface area (Å²) in [5, 5.41) is 7.51. The molecule has 1 N–H and O–H groups in total. The Morgan fingerprint density at radius 3 is 2.59 bits per heavy atom. The van der Waals surface area contributed by atoms with Crippen LogP contribution in [0.2, 0.25) is 0 Å². The van der Waals surface area contributed by atoms with Crippen molar-refractivity contribution < 1.29 is 13.9 Å². The van der Waals surface area contributed by atoms with E-state index in [1.165, 1.54) is 0 Å². The zero-order chi connectivity index (χ0) is 21.0. The average molecular weight is 396 g/mol. The number of amides is 1. The maximum Gasteiger partial charge on any atom is 0.276 e. The van der Waals surface area contributed by atoms with E-state index in [-0.39, 0.29) is 17.4 Å². The summed E-state index contributed by atoms with van der Waals surface area (Å²) in [6, 6.07) is 13.2. The molecule has 1 amide bonds. The topological polar surface area (TPSA) is 69.3 Å². The number of rotatable bonds is 7. The first-order valence-corrected chi connectivity index (χ1v) is 9.85. The van der Waals surface area contributed by atoms with E-state index in [0.29, 0.717) is 24.6 Å². The quantitative estimate of drug-likeness (QED) is 0.587. The first kappa shape index (κ1) is 20.9. The van der Waals surface area contributed by atoms with E-state index in [1.54, 1.807) is 6.26 Å². The summed E-state index contributed by atoms with van der Waals surface area (Å²) in [6.45, 7) is 11.3. The number of anilines is 1. The van der Waals surface area contributed by atoms with Crippen LogP contribution in [-0.4, -0.2) is 15.7 Å². The van der Waals surface area contributed by atoms with Crippen molar-refractivity contribution in [1.29, 1.82) is 0 Å². The highest BCUT2D eigenvalue weighted by molar-refractivity contribution is 6.03. The minimum atomic E-state index is -0.219. The van der Waals surface area contributed by atoms with Crippen molar-refractivity contribution in [2.24, 2.45) is 0 Å². The van der Waals surface area contributed by atoms with Crippen LogP contribution >= 0.6 is 0 Å². The molecule has 3 aromatic rings. The van der Waals surface area contributed by atoms with E-state index in [1.807, 2.05) is 47.1 Å². The molecule has 0 bridgehead atoms. The van der Waals surface area contributed by atoms with Gasteiger partial charge in [0.1, 0.15) is 12.4 Å². The number of aromatic nitrogens is 2. The zero-order valence-electron chi connectivity index (χ0n) is 17.7. The molecule has 0 radical (unpaired) electrons. The van der Waals surface area contributed by atoms with Gasteiger partial charge in [0.2, 0.25) is 0 Å². The van der Waals surface area contributed by atoms with Crippen molar-refractivity contribution in [1.82, 2.24) is 9.78 Å². The SMILES string of the molecule is CC(C)c1cc(C(=O)Nc2cccc(COCc3ccco3)c2)nn1C(C)(C)C. The molecule has 2 heterocycles. The Kier molecular flexibility index (Phi) is 6.23. The third kappa shape index (κ3) is 5.35. The van der Waals surface area contributed by atoms with Crippen LogP contribution < -0.4 is 5.32 Å². The maximum absolute atomic E-state index is 12.8. The molecule has 0 unspecified atom stereocenters. The highest BCUT2D eigenvalue weighted by Crippen LogP contribution is 2.24. The van der Waals surface area contributed by atoms with Crippen molar-refractivity contribution >= 4 is 11.6 Å². The van der Waals surface area contributed by atoms with Crippen molar-refractivity contribution in [3.8, 4) is 0 Å². The highest BCUT2D eigenvalue weighted by Gasteiger charge is 2.23. The van der Waals surface area contributed by atoms with Gasteiger partial charge in [-0.15, -0.1) is 0 Å². The third-order valence-corrected chi connectivity index (χ3v) is 4.47. The Labute approximate surface area is 171 Å². The predicted octanol–water partition coefficient (Wildman–Crippen LogP) is 5.32. The summed E-state index contributed by atoms with van der Waals surface area (Å²) in [5.41, 5.74) is 2.96. The molecule has 6 nitrogen and oxygen atoms in total. The van der Waals surface area contributed by atoms with Gasteiger partial charge in [-0.1, -0.05) is 26.0 Å². The highest BCUT2D eigenvalue weighted by atomic mass is 16.5. The average Bonchev–Trinajstić information content (AvgIpc) is 3.31. The maximum atomic E-state index is 12.8. The Morgan fingerprint density at radius 2 is 1.97 bits per heavy atom. The van der Waals surface area contributed by atoms with Crippen LogP contribution in [0.3, 0.4) is 0 Å². The Bertz CT molecular complexity index is 950. The van der Waals surface area contributed by atoms with E-state index >= 15 is 0 Å². The van der Waals surface area contributed by atoms with E-state index in [9.17, 15) is 4.79 Å². The van der Waals surface area contributed by atoms with Gasteiger partial charge < -0.3 is 14.5 Å². The molecular weight excluding hydrogens is 366 g/mol. The molecule has 0 atom stereocenters. The van der Waals surface area contributed by atoms with Crippen LogP contribution in [0.1, 0.15) is 68.0 Å². The second-order valence-corrected chi connectivity index (χ2v) is 8.42. The lowest BCUT2D eigenvalue weighted by Crippen LogP contribution is -2.26. The van der Waals surface area contributed by atoms with Crippen molar-refractivity contribution in [2.75, 3.05) is 5.32 Å². The molecule has 3 rings (SSSR count). The molecule has 0 aliphatic rings. The molecule has 0 fully saturated rings. The lowest BCUT2D eigenvalue weighted by atomic mass is 10.1. The third-order valence-electron chi connectivity index (χ3n) is 4.47. The van der Waals surface area contributed by atoms with E-state index in [2.05, 4.69) is 45.0 Å². The molecule has 29 heavy (non-hydrogen) atoms. The molecule has 0 spiro atoms. The standard InChI is InChI=1S/C23H29N3O3/c1-16(2)21-13-20(25-26(21)23(3,4)5)22(27)24-18-9-6-8-17(12-18)14-28-15-19-10-7-11-29-19/h6-13,16H,14-15H2,1-5H3,(H,24,27). The molecule has 6 heteroatoms. The van der Waals surface area contributed by atoms with Gasteiger partial charge >= 0.3 is 0 Å². The second kappa shape index (κ2) is 8.66. The van der Waals surface area contributed by atoms with Gasteiger partial charge in [-0.25, -0.2) is 0 Å². The Balaban J connectivity index is 1.67. The van der Waals surface area contributed by atoms with Gasteiger partial charge in [0.05, 0.1) is 18.4 Å². The summed E-state index contributed by atoms with van der Waals surface area (Å²) in [7, 11) is 0. The van der Waals surface area contributed by atoms with E-state index < -0.39 is 0 Å². The van der Waals surface area contributed by atoms with Gasteiger partial charge in [-0.05, 0) is 62.6 Å². The summed E-state index contributed by atoms with van der Waals surface area (Å²) >= 11 is 0. The Hall–Kier alpha value is -2.86. The monoisotopic (exact) mass is 395 g/mol. The van der Waals surface area contributed by atoms with Crippen LogP contribution in [0.15, 0.2) is 53.1 Å². The minimum Gasteiger partial charge on any atom is -0.467 e. The van der Waals surface area contributed by atoms with E-state index in [0.717, 1.165) is 17.0 Å². The number of hydrogen-bond acceptors (Lipinski definition) is 4. The first-order chi connectivity index (χ1) is 13.7. The molecule has 154 valence electrons. The number of ether oxygens (including phenoxy) is 1. The number of nitrogens with one attached hydrogen (secondary N) is 1. The smallest absolute Gasteiger partial charge is 0.276 e. The zero-order valence-corrected chi connectivity index (χ0v) is 17.7. The van der Waals surface area contributed by atoms with E-state index in [4.69, 9.17) is 9.15 Å². The minimum absolute atomic E-state index is 0.191. The molecule has 0 saturated heterocycles. The van der Waals surface area contributed by atoms with Crippen LogP contribution in [0.5, 0.6) is 0 Å². The molecular formula is C23H29N3O3. The van der Waals surface area contributed by atoms with Crippen LogP contribution in [-0.2, 0) is 23.5 Å². The number of furan rings is 1. The fraction of sp³-hybridized carbons (Fsp3) is 0.391. The lowest BCUT2D eigenvalue weighted by Gasteiger charge is -2.23. The Morgan fingerprint density at radius 1 is 1.17 bits per heavy atom. The fourth-order valence-electron chi connectivity index (χ4n) is 3.05. The van der Waals surface area contributed by atoms with Crippen molar-refractivity contribution in [3.63, 3.8) is 0 Å². The van der Waals surface area contributed by atoms with Gasteiger partial charge in [-0.3, -0.25) is 9.48 Å². The summed E-state index contributed by atoms with van der Waals surface area (Å²) < 4.78 is 12.9. The summed E-state index contributed by atoms with van der Waals surface area (Å²) in [6.07, 6.45) is 1.63. The summed E-state index contributed by atoms with van der Waals surface area (Å²) in [5.74, 6) is 0.839. The molecule has 1 aromatic carbocycles. The van der Waals surface area contributed by atoms with Crippen LogP contribution in [0.4, 0.5) is 5.69 Å². The van der Waals surface area contributed by atoms with Gasteiger partial charge in [0, 0.05) is 11.4 Å². The van der Waals surface area contributed by atoms with Gasteiger partial charge in [0.15, 0.2) is 5.69 Å². The van der Waals surface area contributed by atoms with Crippen LogP contribution in [0, 0.1) is 0 Å². The summed E-state index contributed by atoms with van der Waals surface area (Å²) in [4.78, 5) is 12.8. The normalized spacial score (nSPS) is 11.8. The number of hydrogen-bond donors (Lipinski definition) is 1. The fourth-order valence-corrected chi connectivity index (χ4v) is 3.05. The molecule has 0 aliphatic carbocycles. The molecule has 0 aliphatic heterocycles.